The number of hydrogen-bond acceptors (Lipinski definition) is 8. The Kier molecular flexibility index (Phi) is 10.9. The minimum atomic E-state index is -0.751. The van der Waals surface area contributed by atoms with Crippen molar-refractivity contribution in [1.82, 2.24) is 9.80 Å². The number of nitrogens with zero attached hydrogens (tertiary/aromatic N) is 2. The lowest BCUT2D eigenvalue weighted by atomic mass is 9.87. The number of halogens is 2. The Hall–Kier alpha value is -3.19. The summed E-state index contributed by atoms with van der Waals surface area (Å²) in [6, 6.07) is 10.4. The molecule has 2 unspecified atom stereocenters. The Labute approximate surface area is 289 Å². The molecule has 3 heterocycles. The second kappa shape index (κ2) is 15.1. The normalized spacial score (nSPS) is 26.3. The summed E-state index contributed by atoms with van der Waals surface area (Å²) in [5, 5.41) is 13.4. The molecule has 1 saturated carbocycles. The molecule has 258 valence electrons. The number of para-hydroxylation sites is 1. The van der Waals surface area contributed by atoms with Crippen molar-refractivity contribution in [3.05, 3.63) is 63.8 Å². The molecule has 0 spiro atoms. The fraction of sp³-hybridized carbons (Fsp3) is 0.514. The number of methoxy groups -OCH3 is 2. The second-order valence-corrected chi connectivity index (χ2v) is 13.8. The highest BCUT2D eigenvalue weighted by atomic mass is 35.5. The van der Waals surface area contributed by atoms with Crippen LogP contribution in [-0.2, 0) is 30.2 Å². The van der Waals surface area contributed by atoms with Crippen LogP contribution >= 0.6 is 23.2 Å². The van der Waals surface area contributed by atoms with E-state index in [9.17, 15) is 19.5 Å². The van der Waals surface area contributed by atoms with Crippen LogP contribution in [0.3, 0.4) is 0 Å². The number of likely N-dealkylation sites (tertiary alicyclic amines) is 2. The highest BCUT2D eigenvalue weighted by Gasteiger charge is 2.43. The molecule has 2 aliphatic heterocycles. The van der Waals surface area contributed by atoms with E-state index in [4.69, 9.17) is 41.8 Å². The molecule has 48 heavy (non-hydrogen) atoms. The lowest BCUT2D eigenvalue weighted by Crippen LogP contribution is -2.41. The summed E-state index contributed by atoms with van der Waals surface area (Å²) < 4.78 is 23.2. The van der Waals surface area contributed by atoms with Crippen LogP contribution in [0.15, 0.2) is 47.1 Å². The minimum absolute atomic E-state index is 0.0213. The van der Waals surface area contributed by atoms with Crippen LogP contribution in [0.4, 0.5) is 5.69 Å². The van der Waals surface area contributed by atoms with E-state index in [1.165, 1.54) is 6.26 Å². The van der Waals surface area contributed by atoms with Gasteiger partial charge < -0.3 is 34.0 Å². The van der Waals surface area contributed by atoms with E-state index in [-0.39, 0.29) is 53.7 Å². The zero-order valence-corrected chi connectivity index (χ0v) is 28.5. The van der Waals surface area contributed by atoms with E-state index >= 15 is 0 Å². The second-order valence-electron chi connectivity index (χ2n) is 12.9. The van der Waals surface area contributed by atoms with Crippen molar-refractivity contribution in [3.8, 4) is 0 Å². The molecule has 11 nitrogen and oxygen atoms in total. The van der Waals surface area contributed by atoms with Crippen LogP contribution in [0.25, 0.3) is 11.0 Å². The molecule has 2 amide bonds. The summed E-state index contributed by atoms with van der Waals surface area (Å²) in [5.74, 6) is -1.57. The van der Waals surface area contributed by atoms with Crippen molar-refractivity contribution in [3.63, 3.8) is 0 Å². The number of aliphatic carboxylic acids is 1. The maximum absolute atomic E-state index is 14.0. The first-order valence-corrected chi connectivity index (χ1v) is 17.1. The van der Waals surface area contributed by atoms with Crippen molar-refractivity contribution < 1.29 is 38.1 Å². The Balaban J connectivity index is 1.14. The molecule has 0 bridgehead atoms. The van der Waals surface area contributed by atoms with Gasteiger partial charge in [-0.1, -0.05) is 41.4 Å². The van der Waals surface area contributed by atoms with E-state index in [1.807, 2.05) is 17.0 Å². The van der Waals surface area contributed by atoms with Crippen LogP contribution in [0.1, 0.15) is 48.0 Å². The van der Waals surface area contributed by atoms with Crippen molar-refractivity contribution in [2.45, 2.75) is 68.9 Å². The third-order valence-corrected chi connectivity index (χ3v) is 10.7. The summed E-state index contributed by atoms with van der Waals surface area (Å²) in [6.45, 7) is 2.29. The van der Waals surface area contributed by atoms with Gasteiger partial charge >= 0.3 is 5.97 Å². The largest absolute Gasteiger partial charge is 0.481 e. The van der Waals surface area contributed by atoms with E-state index < -0.39 is 11.9 Å². The fourth-order valence-electron chi connectivity index (χ4n) is 7.29. The predicted octanol–water partition coefficient (Wildman–Crippen LogP) is 5.51. The third-order valence-electron chi connectivity index (χ3n) is 10.1. The van der Waals surface area contributed by atoms with Gasteiger partial charge in [0.25, 0.3) is 5.91 Å². The van der Waals surface area contributed by atoms with Crippen LogP contribution in [0.2, 0.25) is 10.0 Å². The van der Waals surface area contributed by atoms with Gasteiger partial charge in [0.1, 0.15) is 11.8 Å². The number of benzene rings is 2. The van der Waals surface area contributed by atoms with E-state index in [1.54, 1.807) is 38.5 Å². The molecule has 2 N–H and O–H groups in total. The zero-order valence-electron chi connectivity index (χ0n) is 27.0. The molecule has 1 aromatic heterocycles. The number of carbonyl (C=O) groups excluding carboxylic acids is 2. The summed E-state index contributed by atoms with van der Waals surface area (Å²) in [5.41, 5.74) is 1.84. The summed E-state index contributed by atoms with van der Waals surface area (Å²) >= 11 is 13.3. The maximum Gasteiger partial charge on any atom is 0.306 e. The third kappa shape index (κ3) is 7.51. The van der Waals surface area contributed by atoms with Gasteiger partial charge in [0.15, 0.2) is 0 Å². The van der Waals surface area contributed by atoms with Gasteiger partial charge in [-0.25, -0.2) is 0 Å². The average Bonchev–Trinajstić information content (AvgIpc) is 3.83. The van der Waals surface area contributed by atoms with Crippen LogP contribution in [-0.4, -0.2) is 104 Å². The highest BCUT2D eigenvalue weighted by molar-refractivity contribution is 6.36. The predicted molar refractivity (Wildman–Crippen MR) is 181 cm³/mol. The van der Waals surface area contributed by atoms with E-state index in [2.05, 4.69) is 10.2 Å². The van der Waals surface area contributed by atoms with Crippen LogP contribution < -0.4 is 5.32 Å². The molecule has 0 radical (unpaired) electrons. The number of furan rings is 1. The maximum atomic E-state index is 14.0. The molecule has 3 fully saturated rings. The number of fused-ring (bicyclic) bond motifs is 1. The first kappa shape index (κ1) is 34.7. The number of ether oxygens (including phenoxy) is 3. The zero-order chi connectivity index (χ0) is 33.9. The quantitative estimate of drug-likeness (QED) is 0.266. The van der Waals surface area contributed by atoms with Gasteiger partial charge in [-0.2, -0.15) is 0 Å². The van der Waals surface area contributed by atoms with Gasteiger partial charge in [-0.15, -0.1) is 0 Å². The SMILES string of the molecule is COC1CN([C@H]2C[C@@H](COC3CCC(C(=O)O)CC3)N(C(=O)Cc3cc(Cl)c(NC(=O)c4coc5ccccc45)cc3Cl)C2)CC1OC. The molecule has 2 aromatic carbocycles. The molecular weight excluding hydrogens is 661 g/mol. The Morgan fingerprint density at radius 1 is 0.979 bits per heavy atom. The topological polar surface area (TPSA) is 131 Å². The van der Waals surface area contributed by atoms with Gasteiger partial charge in [-0.05, 0) is 55.9 Å². The Bertz CT molecular complexity index is 1630. The van der Waals surface area contributed by atoms with E-state index in [0.29, 0.717) is 84.7 Å². The summed E-state index contributed by atoms with van der Waals surface area (Å²) in [4.78, 5) is 42.6. The molecule has 3 aromatic rings. The molecule has 2 saturated heterocycles. The van der Waals surface area contributed by atoms with Gasteiger partial charge in [-0.3, -0.25) is 19.3 Å². The highest BCUT2D eigenvalue weighted by Crippen LogP contribution is 2.34. The summed E-state index contributed by atoms with van der Waals surface area (Å²) in [7, 11) is 3.37. The number of carbonyl (C=O) groups is 3. The van der Waals surface area contributed by atoms with Crippen molar-refractivity contribution in [2.75, 3.05) is 45.8 Å². The smallest absolute Gasteiger partial charge is 0.306 e. The summed E-state index contributed by atoms with van der Waals surface area (Å²) in [6.07, 6.45) is 4.58. The number of nitrogens with one attached hydrogen (secondary N) is 1. The van der Waals surface area contributed by atoms with Gasteiger partial charge in [0, 0.05) is 50.3 Å². The number of carboxylic acid groups (broad SMARTS) is 1. The van der Waals surface area contributed by atoms with Crippen molar-refractivity contribution >= 4 is 57.6 Å². The average molecular weight is 703 g/mol. The number of hydrogen-bond donors (Lipinski definition) is 2. The lowest BCUT2D eigenvalue weighted by molar-refractivity contribution is -0.144. The van der Waals surface area contributed by atoms with Gasteiger partial charge in [0.2, 0.25) is 5.91 Å². The van der Waals surface area contributed by atoms with E-state index in [0.717, 1.165) is 6.42 Å². The molecule has 4 atom stereocenters. The fourth-order valence-corrected chi connectivity index (χ4v) is 7.76. The molecular formula is C35H41Cl2N3O8. The minimum Gasteiger partial charge on any atom is -0.481 e. The van der Waals surface area contributed by atoms with Crippen molar-refractivity contribution in [1.29, 1.82) is 0 Å². The molecule has 1 aliphatic carbocycles. The van der Waals surface area contributed by atoms with Crippen LogP contribution in [0, 0.1) is 5.92 Å². The van der Waals surface area contributed by atoms with Crippen LogP contribution in [0.5, 0.6) is 0 Å². The monoisotopic (exact) mass is 701 g/mol. The first-order valence-electron chi connectivity index (χ1n) is 16.3. The molecule has 13 heteroatoms. The number of anilines is 1. The van der Waals surface area contributed by atoms with Gasteiger partial charge in [0.05, 0.1) is 59.6 Å². The Morgan fingerprint density at radius 3 is 2.38 bits per heavy atom. The lowest BCUT2D eigenvalue weighted by Gasteiger charge is -2.30. The first-order chi connectivity index (χ1) is 23.1. The standard InChI is InChI=1S/C35H41Cl2N3O8/c1-45-31-16-39(17-32(31)46-2)22-13-23(18-47-24-9-7-20(8-10-24)35(43)44)40(15-22)33(41)12-21-11-28(37)29(14-27(21)36)38-34(42)26-19-48-30-6-4-3-5-25(26)30/h3-6,11,14,19-20,22-24,31-32H,7-10,12-13,15-18H2,1-2H3,(H,38,42)(H,43,44)/t20?,22-,23-,24?,31?,32?/m0/s1. The number of carboxylic acids is 1. The Morgan fingerprint density at radius 2 is 1.69 bits per heavy atom. The van der Waals surface area contributed by atoms with Crippen molar-refractivity contribution in [2.24, 2.45) is 5.92 Å². The number of rotatable bonds is 11. The number of amides is 2. The molecule has 6 rings (SSSR count). The molecule has 3 aliphatic rings.